The van der Waals surface area contributed by atoms with E-state index in [1.165, 1.54) is 0 Å². The molecule has 72 valence electrons. The van der Waals surface area contributed by atoms with Crippen LogP contribution in [-0.2, 0) is 0 Å². The Kier molecular flexibility index (Phi) is 2.56. The lowest BCUT2D eigenvalue weighted by atomic mass is 10.1. The molecule has 0 aliphatic heterocycles. The Morgan fingerprint density at radius 1 is 1.21 bits per heavy atom. The van der Waals surface area contributed by atoms with E-state index in [1.807, 2.05) is 31.2 Å². The normalized spacial score (nSPS) is 10.4. The van der Waals surface area contributed by atoms with Crippen LogP contribution in [0.25, 0.3) is 11.3 Å². The Morgan fingerprint density at radius 2 is 1.93 bits per heavy atom. The van der Waals surface area contributed by atoms with Crippen molar-refractivity contribution in [3.63, 3.8) is 0 Å². The molecule has 0 fully saturated rings. The molecule has 0 spiro atoms. The van der Waals surface area contributed by atoms with Crippen molar-refractivity contribution >= 4 is 28.1 Å². The van der Waals surface area contributed by atoms with Gasteiger partial charge < -0.3 is 9.97 Å². The average Bonchev–Trinajstić information content (AvgIpc) is 2.46. The molecule has 0 aliphatic carbocycles. The van der Waals surface area contributed by atoms with Gasteiger partial charge in [0.25, 0.3) is 0 Å². The Hall–Kier alpha value is -0.870. The van der Waals surface area contributed by atoms with Crippen molar-refractivity contribution in [2.24, 2.45) is 0 Å². The standard InChI is InChI=1S/C10H9BrN2S/c1-6-9(13-10(14)12-6)7-4-2-3-5-8(7)11/h2-5H,1H3,(H2,12,13,14). The highest BCUT2D eigenvalue weighted by Crippen LogP contribution is 2.27. The van der Waals surface area contributed by atoms with Crippen LogP contribution in [0.5, 0.6) is 0 Å². The number of aromatic amines is 2. The molecule has 0 saturated carbocycles. The quantitative estimate of drug-likeness (QED) is 0.758. The summed E-state index contributed by atoms with van der Waals surface area (Å²) in [6.07, 6.45) is 0. The lowest BCUT2D eigenvalue weighted by Gasteiger charge is -2.01. The molecule has 1 aromatic heterocycles. The monoisotopic (exact) mass is 268 g/mol. The predicted molar refractivity (Wildman–Crippen MR) is 63.9 cm³/mol. The maximum atomic E-state index is 5.04. The number of imidazole rings is 1. The lowest BCUT2D eigenvalue weighted by molar-refractivity contribution is 1.22. The van der Waals surface area contributed by atoms with Gasteiger partial charge in [0.05, 0.1) is 5.69 Å². The number of hydrogen-bond donors (Lipinski definition) is 2. The molecule has 2 N–H and O–H groups in total. The van der Waals surface area contributed by atoms with E-state index in [2.05, 4.69) is 25.9 Å². The summed E-state index contributed by atoms with van der Waals surface area (Å²) in [5.41, 5.74) is 3.22. The number of halogens is 1. The molecule has 14 heavy (non-hydrogen) atoms. The molecular formula is C10H9BrN2S. The fourth-order valence-corrected chi connectivity index (χ4v) is 2.14. The van der Waals surface area contributed by atoms with Gasteiger partial charge in [-0.2, -0.15) is 0 Å². The Bertz CT molecular complexity index is 513. The fraction of sp³-hybridized carbons (Fsp3) is 0.100. The van der Waals surface area contributed by atoms with Crippen molar-refractivity contribution in [3.8, 4) is 11.3 Å². The minimum absolute atomic E-state index is 0.660. The third-order valence-corrected chi connectivity index (χ3v) is 2.95. The predicted octanol–water partition coefficient (Wildman–Crippen LogP) is 3.81. The van der Waals surface area contributed by atoms with Crippen molar-refractivity contribution in [3.05, 3.63) is 39.2 Å². The first-order valence-corrected chi connectivity index (χ1v) is 5.42. The zero-order valence-corrected chi connectivity index (χ0v) is 10.00. The van der Waals surface area contributed by atoms with Crippen LogP contribution in [0.3, 0.4) is 0 Å². The van der Waals surface area contributed by atoms with Gasteiger partial charge in [0.2, 0.25) is 0 Å². The summed E-state index contributed by atoms with van der Waals surface area (Å²) in [5.74, 6) is 0. The number of hydrogen-bond acceptors (Lipinski definition) is 1. The first-order valence-electron chi connectivity index (χ1n) is 4.22. The summed E-state index contributed by atoms with van der Waals surface area (Å²) < 4.78 is 1.72. The SMILES string of the molecule is Cc1[nH]c(=S)[nH]c1-c1ccccc1Br. The van der Waals surface area contributed by atoms with Gasteiger partial charge in [-0.3, -0.25) is 0 Å². The molecule has 0 atom stereocenters. The Labute approximate surface area is 95.5 Å². The lowest BCUT2D eigenvalue weighted by Crippen LogP contribution is -1.82. The second-order valence-electron chi connectivity index (χ2n) is 3.06. The summed E-state index contributed by atoms with van der Waals surface area (Å²) >= 11 is 8.55. The van der Waals surface area contributed by atoms with Crippen LogP contribution < -0.4 is 0 Å². The summed E-state index contributed by atoms with van der Waals surface area (Å²) in [5, 5.41) is 0. The van der Waals surface area contributed by atoms with E-state index >= 15 is 0 Å². The van der Waals surface area contributed by atoms with Crippen LogP contribution in [-0.4, -0.2) is 9.97 Å². The molecule has 0 saturated heterocycles. The number of aromatic nitrogens is 2. The van der Waals surface area contributed by atoms with Crippen molar-refractivity contribution in [2.45, 2.75) is 6.92 Å². The second kappa shape index (κ2) is 3.71. The number of aryl methyl sites for hydroxylation is 1. The van der Waals surface area contributed by atoms with Gasteiger partial charge in [-0.25, -0.2) is 0 Å². The minimum Gasteiger partial charge on any atom is -0.334 e. The van der Waals surface area contributed by atoms with E-state index in [9.17, 15) is 0 Å². The molecule has 0 bridgehead atoms. The first kappa shape index (κ1) is 9.68. The van der Waals surface area contributed by atoms with Crippen molar-refractivity contribution < 1.29 is 0 Å². The third kappa shape index (κ3) is 1.67. The fourth-order valence-electron chi connectivity index (χ4n) is 1.40. The van der Waals surface area contributed by atoms with E-state index in [-0.39, 0.29) is 0 Å². The molecule has 0 amide bonds. The van der Waals surface area contributed by atoms with E-state index in [1.54, 1.807) is 0 Å². The van der Waals surface area contributed by atoms with Gasteiger partial charge in [0, 0.05) is 15.7 Å². The summed E-state index contributed by atoms with van der Waals surface area (Å²) in [4.78, 5) is 6.20. The van der Waals surface area contributed by atoms with Gasteiger partial charge in [-0.1, -0.05) is 34.1 Å². The first-order chi connectivity index (χ1) is 6.68. The highest BCUT2D eigenvalue weighted by Gasteiger charge is 2.06. The molecule has 4 heteroatoms. The molecule has 0 radical (unpaired) electrons. The van der Waals surface area contributed by atoms with E-state index in [0.717, 1.165) is 21.4 Å². The molecule has 1 aromatic carbocycles. The summed E-state index contributed by atoms with van der Waals surface area (Å²) in [7, 11) is 0. The average molecular weight is 269 g/mol. The molecule has 0 aliphatic rings. The van der Waals surface area contributed by atoms with Crippen LogP contribution in [0.15, 0.2) is 28.7 Å². The smallest absolute Gasteiger partial charge is 0.175 e. The number of H-pyrrole nitrogens is 2. The molecule has 2 rings (SSSR count). The summed E-state index contributed by atoms with van der Waals surface area (Å²) in [6.45, 7) is 2.00. The highest BCUT2D eigenvalue weighted by molar-refractivity contribution is 9.10. The maximum Gasteiger partial charge on any atom is 0.175 e. The van der Waals surface area contributed by atoms with Crippen molar-refractivity contribution in [1.29, 1.82) is 0 Å². The van der Waals surface area contributed by atoms with Gasteiger partial charge in [0.1, 0.15) is 0 Å². The topological polar surface area (TPSA) is 31.6 Å². The van der Waals surface area contributed by atoms with Gasteiger partial charge in [-0.15, -0.1) is 0 Å². The number of benzene rings is 1. The Balaban J connectivity index is 2.66. The van der Waals surface area contributed by atoms with Crippen LogP contribution >= 0.6 is 28.1 Å². The maximum absolute atomic E-state index is 5.04. The van der Waals surface area contributed by atoms with Crippen LogP contribution in [0, 0.1) is 11.7 Å². The van der Waals surface area contributed by atoms with E-state index < -0.39 is 0 Å². The van der Waals surface area contributed by atoms with Crippen molar-refractivity contribution in [2.75, 3.05) is 0 Å². The van der Waals surface area contributed by atoms with Gasteiger partial charge in [0.15, 0.2) is 4.77 Å². The van der Waals surface area contributed by atoms with Crippen LogP contribution in [0.1, 0.15) is 5.69 Å². The number of nitrogens with one attached hydrogen (secondary N) is 2. The van der Waals surface area contributed by atoms with Crippen molar-refractivity contribution in [1.82, 2.24) is 9.97 Å². The molecule has 2 nitrogen and oxygen atoms in total. The van der Waals surface area contributed by atoms with Crippen LogP contribution in [0.2, 0.25) is 0 Å². The van der Waals surface area contributed by atoms with Crippen LogP contribution in [0.4, 0.5) is 0 Å². The highest BCUT2D eigenvalue weighted by atomic mass is 79.9. The largest absolute Gasteiger partial charge is 0.334 e. The van der Waals surface area contributed by atoms with E-state index in [0.29, 0.717) is 4.77 Å². The molecule has 1 heterocycles. The Morgan fingerprint density at radius 3 is 2.50 bits per heavy atom. The van der Waals surface area contributed by atoms with Gasteiger partial charge >= 0.3 is 0 Å². The van der Waals surface area contributed by atoms with Gasteiger partial charge in [-0.05, 0) is 25.2 Å². The molecule has 0 unspecified atom stereocenters. The summed E-state index contributed by atoms with van der Waals surface area (Å²) in [6, 6.07) is 8.05. The zero-order valence-electron chi connectivity index (χ0n) is 7.60. The second-order valence-corrected chi connectivity index (χ2v) is 4.32. The third-order valence-electron chi connectivity index (χ3n) is 2.06. The number of rotatable bonds is 1. The van der Waals surface area contributed by atoms with E-state index in [4.69, 9.17) is 12.2 Å². The molecule has 2 aromatic rings. The zero-order chi connectivity index (χ0) is 10.1. The minimum atomic E-state index is 0.660. The molecular weight excluding hydrogens is 260 g/mol.